The molecule has 8 nitrogen and oxygen atoms in total. The van der Waals surface area contributed by atoms with Gasteiger partial charge in [-0.25, -0.2) is 4.79 Å². The van der Waals surface area contributed by atoms with Crippen LogP contribution >= 0.6 is 47.0 Å². The van der Waals surface area contributed by atoms with E-state index in [1.165, 1.54) is 12.0 Å². The molecule has 1 N–H and O–H groups in total. The minimum atomic E-state index is -0.881. The molecule has 1 heterocycles. The molecule has 0 aliphatic carbocycles. The van der Waals surface area contributed by atoms with E-state index < -0.39 is 17.9 Å². The average molecular weight is 635 g/mol. The zero-order valence-electron chi connectivity index (χ0n) is 22.2. The maximum Gasteiger partial charge on any atom is 0.338 e. The number of anilines is 2. The molecular formula is C29H26Cl3N3O5S. The van der Waals surface area contributed by atoms with Gasteiger partial charge in [-0.3, -0.25) is 14.5 Å². The zero-order valence-corrected chi connectivity index (χ0v) is 25.2. The number of nitrogens with zero attached hydrogens (tertiary/aromatic N) is 2. The quantitative estimate of drug-likeness (QED) is 0.204. The Morgan fingerprint density at radius 3 is 2.37 bits per heavy atom. The molecule has 41 heavy (non-hydrogen) atoms. The van der Waals surface area contributed by atoms with Crippen LogP contribution in [0.3, 0.4) is 0 Å². The van der Waals surface area contributed by atoms with Crippen molar-refractivity contribution >= 4 is 81.3 Å². The number of amides is 2. The van der Waals surface area contributed by atoms with Gasteiger partial charge in [0.25, 0.3) is 5.91 Å². The Hall–Kier alpha value is -3.37. The lowest BCUT2D eigenvalue weighted by atomic mass is 10.1. The molecule has 214 valence electrons. The van der Waals surface area contributed by atoms with Crippen LogP contribution in [0, 0.1) is 0 Å². The molecule has 0 radical (unpaired) electrons. The van der Waals surface area contributed by atoms with E-state index in [-0.39, 0.29) is 24.0 Å². The molecule has 0 saturated carbocycles. The summed E-state index contributed by atoms with van der Waals surface area (Å²) in [5, 5.41) is 4.34. The molecule has 0 unspecified atom stereocenters. The summed E-state index contributed by atoms with van der Waals surface area (Å²) in [4.78, 5) is 41.9. The highest BCUT2D eigenvalue weighted by Gasteiger charge is 2.44. The lowest BCUT2D eigenvalue weighted by molar-refractivity contribution is -0.124. The highest BCUT2D eigenvalue weighted by atomic mass is 35.5. The van der Waals surface area contributed by atoms with Crippen molar-refractivity contribution in [2.75, 3.05) is 30.5 Å². The first-order valence-corrected chi connectivity index (χ1v) is 14.2. The van der Waals surface area contributed by atoms with Gasteiger partial charge in [-0.2, -0.15) is 0 Å². The van der Waals surface area contributed by atoms with Crippen LogP contribution in [-0.4, -0.2) is 54.1 Å². The molecule has 4 rings (SSSR count). The largest absolute Gasteiger partial charge is 0.495 e. The normalized spacial score (nSPS) is 14.8. The van der Waals surface area contributed by atoms with Gasteiger partial charge in [-0.15, -0.1) is 0 Å². The zero-order chi connectivity index (χ0) is 29.7. The van der Waals surface area contributed by atoms with Gasteiger partial charge in [0.2, 0.25) is 5.91 Å². The number of rotatable bonds is 10. The number of thiocarbonyl (C=S) groups is 1. The second-order valence-electron chi connectivity index (χ2n) is 9.02. The summed E-state index contributed by atoms with van der Waals surface area (Å²) >= 11 is 24.5. The number of benzene rings is 3. The van der Waals surface area contributed by atoms with Crippen LogP contribution < -0.4 is 15.0 Å². The molecule has 3 aromatic carbocycles. The van der Waals surface area contributed by atoms with E-state index in [2.05, 4.69) is 5.32 Å². The number of esters is 1. The fourth-order valence-corrected chi connectivity index (χ4v) is 5.55. The molecule has 0 spiro atoms. The van der Waals surface area contributed by atoms with E-state index in [4.69, 9.17) is 56.5 Å². The third kappa shape index (κ3) is 7.11. The molecule has 2 amide bonds. The third-order valence-corrected chi connectivity index (χ3v) is 7.71. The van der Waals surface area contributed by atoms with Crippen molar-refractivity contribution in [3.63, 3.8) is 0 Å². The summed E-state index contributed by atoms with van der Waals surface area (Å²) in [5.74, 6) is -0.775. The molecule has 1 atom stereocenters. The van der Waals surface area contributed by atoms with Crippen molar-refractivity contribution in [3.05, 3.63) is 86.9 Å². The van der Waals surface area contributed by atoms with Crippen molar-refractivity contribution in [1.82, 2.24) is 4.90 Å². The van der Waals surface area contributed by atoms with Gasteiger partial charge in [0.05, 0.1) is 36.4 Å². The van der Waals surface area contributed by atoms with Gasteiger partial charge in [0, 0.05) is 22.3 Å². The van der Waals surface area contributed by atoms with Crippen LogP contribution in [0.1, 0.15) is 29.3 Å². The van der Waals surface area contributed by atoms with Crippen molar-refractivity contribution in [1.29, 1.82) is 0 Å². The molecule has 0 bridgehead atoms. The summed E-state index contributed by atoms with van der Waals surface area (Å²) < 4.78 is 10.2. The maximum absolute atomic E-state index is 13.7. The predicted molar refractivity (Wildman–Crippen MR) is 164 cm³/mol. The molecule has 1 aliphatic heterocycles. The van der Waals surface area contributed by atoms with Crippen LogP contribution in [0.5, 0.6) is 5.75 Å². The van der Waals surface area contributed by atoms with Crippen LogP contribution in [0.15, 0.2) is 60.7 Å². The third-order valence-electron chi connectivity index (χ3n) is 6.41. The topological polar surface area (TPSA) is 88.2 Å². The Morgan fingerprint density at radius 1 is 1.00 bits per heavy atom. The number of hydrogen-bond donors (Lipinski definition) is 1. The number of halogens is 3. The van der Waals surface area contributed by atoms with E-state index >= 15 is 0 Å². The SMILES string of the molecule is CCOC(=O)c1ccc(NC(=O)C[C@@H]2C(=O)N(c3ccc(OC)c(Cl)c3)C(=S)N2CCc2ccc(Cl)cc2Cl)cc1. The van der Waals surface area contributed by atoms with Crippen LogP contribution in [0.25, 0.3) is 0 Å². The minimum Gasteiger partial charge on any atom is -0.495 e. The summed E-state index contributed by atoms with van der Waals surface area (Å²) in [5.41, 5.74) is 2.11. The van der Waals surface area contributed by atoms with Gasteiger partial charge in [0.1, 0.15) is 11.8 Å². The van der Waals surface area contributed by atoms with E-state index in [1.54, 1.807) is 66.4 Å². The Labute approximate surface area is 258 Å². The number of methoxy groups -OCH3 is 1. The van der Waals surface area contributed by atoms with E-state index in [1.807, 2.05) is 6.07 Å². The van der Waals surface area contributed by atoms with E-state index in [0.29, 0.717) is 50.7 Å². The number of hydrogen-bond acceptors (Lipinski definition) is 6. The Kier molecular flexibility index (Phi) is 10.1. The fourth-order valence-electron chi connectivity index (χ4n) is 4.38. The van der Waals surface area contributed by atoms with Crippen LogP contribution in [0.4, 0.5) is 11.4 Å². The first-order valence-electron chi connectivity index (χ1n) is 12.6. The maximum atomic E-state index is 13.7. The Bertz CT molecular complexity index is 1490. The second kappa shape index (κ2) is 13.5. The minimum absolute atomic E-state index is 0.173. The van der Waals surface area contributed by atoms with Crippen LogP contribution in [0.2, 0.25) is 15.1 Å². The molecule has 0 aromatic heterocycles. The van der Waals surface area contributed by atoms with Gasteiger partial charge < -0.3 is 19.7 Å². The monoisotopic (exact) mass is 633 g/mol. The van der Waals surface area contributed by atoms with E-state index in [9.17, 15) is 14.4 Å². The standard InChI is InChI=1S/C29H26Cl3N3O5S/c1-3-40-28(38)18-5-8-20(9-6-18)33-26(36)16-24-27(37)35(21-10-11-25(39-2)23(32)15-21)29(41)34(24)13-12-17-4-7-19(30)14-22(17)31/h4-11,14-15,24H,3,12-13,16H2,1-2H3,(H,33,36)/t24-/m1/s1. The average Bonchev–Trinajstić information content (AvgIpc) is 3.16. The van der Waals surface area contributed by atoms with Crippen molar-refractivity contribution < 1.29 is 23.9 Å². The Morgan fingerprint density at radius 2 is 1.73 bits per heavy atom. The van der Waals surface area contributed by atoms with Gasteiger partial charge in [0.15, 0.2) is 5.11 Å². The van der Waals surface area contributed by atoms with Gasteiger partial charge >= 0.3 is 5.97 Å². The first-order chi connectivity index (χ1) is 19.6. The number of carbonyl (C=O) groups is 3. The summed E-state index contributed by atoms with van der Waals surface area (Å²) in [6, 6.07) is 15.5. The molecule has 12 heteroatoms. The molecule has 1 aliphatic rings. The van der Waals surface area contributed by atoms with Crippen molar-refractivity contribution in [3.8, 4) is 5.75 Å². The second-order valence-corrected chi connectivity index (χ2v) is 10.6. The number of carbonyl (C=O) groups excluding carboxylic acids is 3. The molecular weight excluding hydrogens is 609 g/mol. The molecule has 1 fully saturated rings. The van der Waals surface area contributed by atoms with Crippen LogP contribution in [-0.2, 0) is 20.7 Å². The lowest BCUT2D eigenvalue weighted by Gasteiger charge is -2.24. The highest BCUT2D eigenvalue weighted by Crippen LogP contribution is 2.34. The van der Waals surface area contributed by atoms with Gasteiger partial charge in [-0.1, -0.05) is 40.9 Å². The molecule has 1 saturated heterocycles. The van der Waals surface area contributed by atoms with E-state index in [0.717, 1.165) is 5.56 Å². The summed E-state index contributed by atoms with van der Waals surface area (Å²) in [7, 11) is 1.50. The lowest BCUT2D eigenvalue weighted by Crippen LogP contribution is -2.39. The Balaban J connectivity index is 1.55. The summed E-state index contributed by atoms with van der Waals surface area (Å²) in [6.07, 6.45) is 0.279. The van der Waals surface area contributed by atoms with Crippen molar-refractivity contribution in [2.45, 2.75) is 25.8 Å². The predicted octanol–water partition coefficient (Wildman–Crippen LogP) is 6.41. The number of ether oxygens (including phenoxy) is 2. The molecule has 3 aromatic rings. The fraction of sp³-hybridized carbons (Fsp3) is 0.241. The highest BCUT2D eigenvalue weighted by molar-refractivity contribution is 7.80. The number of nitrogens with one attached hydrogen (secondary N) is 1. The smallest absolute Gasteiger partial charge is 0.338 e. The summed E-state index contributed by atoms with van der Waals surface area (Å²) in [6.45, 7) is 2.30. The van der Waals surface area contributed by atoms with Crippen molar-refractivity contribution in [2.24, 2.45) is 0 Å². The first kappa shape index (κ1) is 30.6. The van der Waals surface area contributed by atoms with Gasteiger partial charge in [-0.05, 0) is 85.7 Å².